The molecule has 160 valence electrons. The minimum atomic E-state index is -1.22. The van der Waals surface area contributed by atoms with Crippen LogP contribution in [0.15, 0.2) is 48.5 Å². The Labute approximate surface area is 173 Å². The number of phenolic OH excluding ortho intramolecular Hbond substituents is 2. The number of aromatic hydroxyl groups is 2. The number of carbonyl (C=O) groups excluding carboxylic acids is 2. The Bertz CT molecular complexity index is 883. The van der Waals surface area contributed by atoms with Crippen molar-refractivity contribution in [1.82, 2.24) is 10.6 Å². The first kappa shape index (κ1) is 22.7. The molecule has 0 fully saturated rings. The first-order valence-electron chi connectivity index (χ1n) is 9.30. The van der Waals surface area contributed by atoms with Crippen molar-refractivity contribution in [2.24, 2.45) is 5.73 Å². The molecule has 0 unspecified atom stereocenters. The molecule has 9 nitrogen and oxygen atoms in total. The summed E-state index contributed by atoms with van der Waals surface area (Å²) in [6, 6.07) is 9.10. The first-order chi connectivity index (χ1) is 14.2. The highest BCUT2D eigenvalue weighted by Crippen LogP contribution is 2.12. The Hall–Kier alpha value is -3.59. The lowest BCUT2D eigenvalue weighted by Crippen LogP contribution is -2.54. The molecule has 0 aliphatic carbocycles. The fourth-order valence-electron chi connectivity index (χ4n) is 2.73. The van der Waals surface area contributed by atoms with Gasteiger partial charge in [-0.2, -0.15) is 0 Å². The van der Waals surface area contributed by atoms with Crippen molar-refractivity contribution in [2.75, 3.05) is 0 Å². The van der Waals surface area contributed by atoms with Gasteiger partial charge in [0.15, 0.2) is 0 Å². The molecule has 0 saturated carbocycles. The summed E-state index contributed by atoms with van der Waals surface area (Å²) in [7, 11) is 0. The van der Waals surface area contributed by atoms with Crippen molar-refractivity contribution in [1.29, 1.82) is 0 Å². The van der Waals surface area contributed by atoms with Gasteiger partial charge in [0, 0.05) is 6.42 Å². The lowest BCUT2D eigenvalue weighted by Gasteiger charge is -2.20. The summed E-state index contributed by atoms with van der Waals surface area (Å²) in [5.74, 6) is -2.29. The van der Waals surface area contributed by atoms with E-state index < -0.39 is 35.9 Å². The monoisotopic (exact) mass is 415 g/mol. The normalized spacial score (nSPS) is 13.7. The minimum absolute atomic E-state index is 0.0163. The highest BCUT2D eigenvalue weighted by atomic mass is 16.4. The average molecular weight is 415 g/mol. The molecule has 0 spiro atoms. The van der Waals surface area contributed by atoms with E-state index in [-0.39, 0.29) is 24.3 Å². The third-order valence-electron chi connectivity index (χ3n) is 4.47. The van der Waals surface area contributed by atoms with Gasteiger partial charge in [-0.15, -0.1) is 0 Å². The smallest absolute Gasteiger partial charge is 0.326 e. The molecule has 2 rings (SSSR count). The maximum atomic E-state index is 12.4. The zero-order valence-electron chi connectivity index (χ0n) is 16.4. The van der Waals surface area contributed by atoms with E-state index in [4.69, 9.17) is 5.73 Å². The molecule has 0 aliphatic heterocycles. The molecule has 7 N–H and O–H groups in total. The van der Waals surface area contributed by atoms with Gasteiger partial charge in [-0.3, -0.25) is 9.59 Å². The quantitative estimate of drug-likeness (QED) is 0.343. The number of hydrogen-bond donors (Lipinski definition) is 6. The highest BCUT2D eigenvalue weighted by Gasteiger charge is 2.25. The summed E-state index contributed by atoms with van der Waals surface area (Å²) in [5, 5.41) is 32.8. The minimum Gasteiger partial charge on any atom is -0.508 e. The second-order valence-corrected chi connectivity index (χ2v) is 6.98. The number of carboxylic acids is 1. The van der Waals surface area contributed by atoms with Crippen LogP contribution < -0.4 is 16.4 Å². The fraction of sp³-hybridized carbons (Fsp3) is 0.286. The largest absolute Gasteiger partial charge is 0.508 e. The highest BCUT2D eigenvalue weighted by molar-refractivity contribution is 5.91. The Morgan fingerprint density at radius 3 is 1.77 bits per heavy atom. The van der Waals surface area contributed by atoms with Gasteiger partial charge >= 0.3 is 5.97 Å². The Morgan fingerprint density at radius 1 is 0.833 bits per heavy atom. The van der Waals surface area contributed by atoms with E-state index in [1.807, 2.05) is 0 Å². The van der Waals surface area contributed by atoms with Gasteiger partial charge < -0.3 is 31.7 Å². The molecule has 0 aromatic heterocycles. The predicted molar refractivity (Wildman–Crippen MR) is 109 cm³/mol. The molecule has 0 saturated heterocycles. The summed E-state index contributed by atoms with van der Waals surface area (Å²) in [6.45, 7) is 1.43. The van der Waals surface area contributed by atoms with E-state index in [1.165, 1.54) is 31.2 Å². The van der Waals surface area contributed by atoms with Crippen LogP contribution in [0.1, 0.15) is 18.1 Å². The topological polar surface area (TPSA) is 162 Å². The van der Waals surface area contributed by atoms with Crippen LogP contribution in [0.25, 0.3) is 0 Å². The van der Waals surface area contributed by atoms with E-state index in [1.54, 1.807) is 24.3 Å². The predicted octanol–water partition coefficient (Wildman–Crippen LogP) is 0.284. The van der Waals surface area contributed by atoms with Crippen LogP contribution in [0.3, 0.4) is 0 Å². The standard InChI is InChI=1S/C21H25N3O6/c1-12(23-20(28)17(22)10-13-2-6-15(25)7-3-13)19(27)24-18(21(29)30)11-14-4-8-16(26)9-5-14/h2-9,12,17-18,25-26H,10-11,22H2,1H3,(H,23,28)(H,24,27)(H,29,30)/t12-,17-,18-/m1/s1. The van der Waals surface area contributed by atoms with Crippen LogP contribution in [-0.2, 0) is 27.2 Å². The Morgan fingerprint density at radius 2 is 1.30 bits per heavy atom. The van der Waals surface area contributed by atoms with E-state index in [0.29, 0.717) is 5.56 Å². The number of aliphatic carboxylic acids is 1. The van der Waals surface area contributed by atoms with Gasteiger partial charge in [0.2, 0.25) is 11.8 Å². The van der Waals surface area contributed by atoms with Crippen LogP contribution in [0.2, 0.25) is 0 Å². The van der Waals surface area contributed by atoms with Gasteiger partial charge in [0.1, 0.15) is 23.6 Å². The van der Waals surface area contributed by atoms with E-state index in [2.05, 4.69) is 10.6 Å². The van der Waals surface area contributed by atoms with Crippen LogP contribution in [0.5, 0.6) is 11.5 Å². The third kappa shape index (κ3) is 6.78. The van der Waals surface area contributed by atoms with E-state index >= 15 is 0 Å². The van der Waals surface area contributed by atoms with Gasteiger partial charge in [-0.25, -0.2) is 4.79 Å². The summed E-state index contributed by atoms with van der Waals surface area (Å²) < 4.78 is 0. The molecule has 9 heteroatoms. The number of phenols is 2. The number of benzene rings is 2. The molecule has 0 aliphatic rings. The zero-order chi connectivity index (χ0) is 22.3. The molecule has 2 amide bonds. The van der Waals surface area contributed by atoms with Gasteiger partial charge in [-0.1, -0.05) is 24.3 Å². The molecule has 0 bridgehead atoms. The molecular weight excluding hydrogens is 390 g/mol. The van der Waals surface area contributed by atoms with Crippen molar-refractivity contribution < 1.29 is 29.7 Å². The molecule has 0 heterocycles. The van der Waals surface area contributed by atoms with Gasteiger partial charge in [0.05, 0.1) is 6.04 Å². The summed E-state index contributed by atoms with van der Waals surface area (Å²) in [4.78, 5) is 36.1. The number of rotatable bonds is 9. The maximum Gasteiger partial charge on any atom is 0.326 e. The summed E-state index contributed by atoms with van der Waals surface area (Å²) in [6.07, 6.45) is 0.224. The van der Waals surface area contributed by atoms with Gasteiger partial charge in [0.25, 0.3) is 0 Å². The van der Waals surface area contributed by atoms with E-state index in [0.717, 1.165) is 5.56 Å². The van der Waals surface area contributed by atoms with Crippen molar-refractivity contribution in [2.45, 2.75) is 37.9 Å². The fourth-order valence-corrected chi connectivity index (χ4v) is 2.73. The second kappa shape index (κ2) is 10.3. The van der Waals surface area contributed by atoms with Gasteiger partial charge in [-0.05, 0) is 48.7 Å². The van der Waals surface area contributed by atoms with Crippen molar-refractivity contribution in [3.63, 3.8) is 0 Å². The molecule has 3 atom stereocenters. The van der Waals surface area contributed by atoms with Crippen LogP contribution >= 0.6 is 0 Å². The first-order valence-corrected chi connectivity index (χ1v) is 9.30. The Balaban J connectivity index is 1.90. The molecule has 30 heavy (non-hydrogen) atoms. The number of carboxylic acid groups (broad SMARTS) is 1. The maximum absolute atomic E-state index is 12.4. The van der Waals surface area contributed by atoms with Crippen molar-refractivity contribution in [3.8, 4) is 11.5 Å². The van der Waals surface area contributed by atoms with Crippen LogP contribution in [0.4, 0.5) is 0 Å². The molecule has 2 aromatic carbocycles. The molecule has 2 aromatic rings. The lowest BCUT2D eigenvalue weighted by atomic mass is 10.0. The number of nitrogens with two attached hydrogens (primary N) is 1. The third-order valence-corrected chi connectivity index (χ3v) is 4.47. The number of carbonyl (C=O) groups is 3. The zero-order valence-corrected chi connectivity index (χ0v) is 16.4. The summed E-state index contributed by atoms with van der Waals surface area (Å²) >= 11 is 0. The van der Waals surface area contributed by atoms with Crippen molar-refractivity contribution >= 4 is 17.8 Å². The lowest BCUT2D eigenvalue weighted by molar-refractivity contribution is -0.142. The van der Waals surface area contributed by atoms with Crippen LogP contribution in [0, 0.1) is 0 Å². The molecular formula is C21H25N3O6. The van der Waals surface area contributed by atoms with Crippen molar-refractivity contribution in [3.05, 3.63) is 59.7 Å². The average Bonchev–Trinajstić information content (AvgIpc) is 2.70. The number of amides is 2. The number of nitrogens with one attached hydrogen (secondary N) is 2. The Kier molecular flexibility index (Phi) is 7.76. The summed E-state index contributed by atoms with van der Waals surface area (Å²) in [5.41, 5.74) is 7.24. The molecule has 0 radical (unpaired) electrons. The SMILES string of the molecule is C[C@@H](NC(=O)[C@H](N)Cc1ccc(O)cc1)C(=O)N[C@H](Cc1ccc(O)cc1)C(=O)O. The van der Waals surface area contributed by atoms with Crippen LogP contribution in [-0.4, -0.2) is 51.2 Å². The van der Waals surface area contributed by atoms with E-state index in [9.17, 15) is 29.7 Å². The number of hydrogen-bond acceptors (Lipinski definition) is 6. The second-order valence-electron chi connectivity index (χ2n) is 6.98.